The molecule has 0 aliphatic rings. The highest BCUT2D eigenvalue weighted by atomic mass is 16.5. The minimum Gasteiger partial charge on any atom is -0.451 e. The molecule has 0 aromatic heterocycles. The number of hydrogen-bond acceptors (Lipinski definition) is 4. The molecule has 1 N–H and O–H groups in total. The second-order valence-corrected chi connectivity index (χ2v) is 2.91. The number of carbonyl (C=O) groups excluding carboxylic acids is 2. The topological polar surface area (TPSA) is 63.6 Å². The van der Waals surface area contributed by atoms with E-state index in [4.69, 9.17) is 12.0 Å². The average molecular weight is 237 g/mol. The zero-order valence-electron chi connectivity index (χ0n) is 14.0. The normalized spacial score (nSPS) is 15.1. The summed E-state index contributed by atoms with van der Waals surface area (Å²) < 4.78 is 42.0. The molecule has 0 aliphatic heterocycles. The van der Waals surface area contributed by atoms with Gasteiger partial charge in [0.05, 0.1) is 6.85 Å². The third kappa shape index (κ3) is 4.49. The largest absolute Gasteiger partial charge is 0.451 e. The molecule has 0 amide bonds. The van der Waals surface area contributed by atoms with Crippen LogP contribution in [0.2, 0.25) is 0 Å². The summed E-state index contributed by atoms with van der Waals surface area (Å²) in [6, 6.07) is -3.17. The van der Waals surface area contributed by atoms with E-state index in [1.807, 2.05) is 5.92 Å². The molecule has 1 atom stereocenters. The number of ether oxygens (including phenoxy) is 1. The number of carbonyl (C=O) groups is 2. The van der Waals surface area contributed by atoms with Crippen LogP contribution in [0.1, 0.15) is 24.1 Å². The molecule has 0 heterocycles. The van der Waals surface area contributed by atoms with E-state index < -0.39 is 60.2 Å². The van der Waals surface area contributed by atoms with Crippen LogP contribution in [0.3, 0.4) is 0 Å². The summed E-state index contributed by atoms with van der Waals surface area (Å²) in [6.45, 7) is 0.738. The Labute approximate surface area is 106 Å². The second kappa shape index (κ2) is 6.46. The van der Waals surface area contributed by atoms with Gasteiger partial charge in [0, 0.05) is 5.56 Å². The van der Waals surface area contributed by atoms with Crippen LogP contribution in [-0.4, -0.2) is 29.6 Å². The van der Waals surface area contributed by atoms with Crippen LogP contribution in [-0.2, 0) is 9.53 Å². The smallest absolute Gasteiger partial charge is 0.335 e. The first-order valence-electron chi connectivity index (χ1n) is 7.13. The Kier molecular flexibility index (Phi) is 2.76. The molecule has 0 aliphatic carbocycles. The van der Waals surface area contributed by atoms with Gasteiger partial charge in [-0.3, -0.25) is 4.79 Å². The summed E-state index contributed by atoms with van der Waals surface area (Å²) in [4.78, 5) is 22.8. The Morgan fingerprint density at radius 1 is 1.47 bits per heavy atom. The van der Waals surface area contributed by atoms with Crippen LogP contribution < -0.4 is 0 Å². The van der Waals surface area contributed by atoms with E-state index in [-0.39, 0.29) is 0 Å². The van der Waals surface area contributed by atoms with Gasteiger partial charge in [-0.15, -0.1) is 0 Å². The van der Waals surface area contributed by atoms with Crippen LogP contribution in [0, 0.1) is 11.8 Å². The molecule has 0 saturated heterocycles. The van der Waals surface area contributed by atoms with E-state index in [1.54, 1.807) is 0 Å². The van der Waals surface area contributed by atoms with E-state index in [2.05, 4.69) is 10.7 Å². The number of aliphatic hydroxyl groups is 1. The Hall–Kier alpha value is -2.12. The highest BCUT2D eigenvalue weighted by Crippen LogP contribution is 1.98. The van der Waals surface area contributed by atoms with Crippen molar-refractivity contribution in [3.63, 3.8) is 0 Å². The summed E-state index contributed by atoms with van der Waals surface area (Å²) in [5.41, 5.74) is -0.541. The van der Waals surface area contributed by atoms with Gasteiger partial charge in [0.25, 0.3) is 0 Å². The lowest BCUT2D eigenvalue weighted by Crippen LogP contribution is -2.19. The number of Topliss-reactive ketones (excluding diaryl/α,β-unsaturated/α-hetero) is 1. The van der Waals surface area contributed by atoms with Crippen molar-refractivity contribution >= 4 is 11.8 Å². The lowest BCUT2D eigenvalue weighted by Gasteiger charge is -2.01. The SMILES string of the molecule is [2H]c1c([2H])c([2H])c(C(=O)C#CCOC(=O)C(C)O)c([2H])c1[2H]. The maximum Gasteiger partial charge on any atom is 0.335 e. The predicted octanol–water partition coefficient (Wildman–Crippen LogP) is 0.797. The number of benzene rings is 1. The van der Waals surface area contributed by atoms with E-state index in [0.29, 0.717) is 0 Å². The minimum atomic E-state index is -1.32. The molecule has 4 heteroatoms. The molecule has 0 radical (unpaired) electrons. The van der Waals surface area contributed by atoms with Gasteiger partial charge >= 0.3 is 5.97 Å². The lowest BCUT2D eigenvalue weighted by atomic mass is 10.1. The van der Waals surface area contributed by atoms with Gasteiger partial charge in [-0.1, -0.05) is 36.1 Å². The fourth-order valence-electron chi connectivity index (χ4n) is 0.770. The molecule has 1 aromatic rings. The average Bonchev–Trinajstić information content (AvgIpc) is 2.47. The highest BCUT2D eigenvalue weighted by molar-refractivity contribution is 6.08. The zero-order valence-corrected chi connectivity index (χ0v) is 8.96. The molecule has 1 rings (SSSR count). The lowest BCUT2D eigenvalue weighted by molar-refractivity contribution is -0.150. The van der Waals surface area contributed by atoms with Crippen molar-refractivity contribution < 1.29 is 26.3 Å². The Morgan fingerprint density at radius 2 is 2.12 bits per heavy atom. The van der Waals surface area contributed by atoms with Crippen LogP contribution >= 0.6 is 0 Å². The van der Waals surface area contributed by atoms with Crippen molar-refractivity contribution in [2.24, 2.45) is 0 Å². The molecule has 0 fully saturated rings. The molecule has 88 valence electrons. The Morgan fingerprint density at radius 3 is 2.71 bits per heavy atom. The van der Waals surface area contributed by atoms with Gasteiger partial charge in [-0.25, -0.2) is 4.79 Å². The van der Waals surface area contributed by atoms with Crippen LogP contribution in [0.25, 0.3) is 0 Å². The first-order chi connectivity index (χ1) is 10.2. The number of esters is 1. The van der Waals surface area contributed by atoms with Gasteiger partial charge < -0.3 is 9.84 Å². The van der Waals surface area contributed by atoms with Crippen molar-refractivity contribution in [1.29, 1.82) is 0 Å². The third-order valence-corrected chi connectivity index (χ3v) is 1.56. The van der Waals surface area contributed by atoms with Gasteiger partial charge in [0.1, 0.15) is 6.10 Å². The first-order valence-corrected chi connectivity index (χ1v) is 4.63. The number of aliphatic hydroxyl groups excluding tert-OH is 1. The molecule has 4 nitrogen and oxygen atoms in total. The van der Waals surface area contributed by atoms with E-state index in [9.17, 15) is 9.59 Å². The molecule has 0 spiro atoms. The number of ketones is 1. The van der Waals surface area contributed by atoms with Gasteiger partial charge in [-0.2, -0.15) is 0 Å². The first kappa shape index (κ1) is 7.25. The summed E-state index contributed by atoms with van der Waals surface area (Å²) in [7, 11) is 0. The standard InChI is InChI=1S/C13H12O4/c1-10(14)13(16)17-9-5-8-12(15)11-6-3-2-4-7-11/h2-4,6-7,10,14H,9H2,1H3/i2D,3D,4D,6D,7D. The predicted molar refractivity (Wildman–Crippen MR) is 61.2 cm³/mol. The van der Waals surface area contributed by atoms with Crippen molar-refractivity contribution in [3.8, 4) is 11.8 Å². The molecule has 0 saturated carbocycles. The van der Waals surface area contributed by atoms with Crippen LogP contribution in [0.15, 0.2) is 30.2 Å². The molecule has 1 aromatic carbocycles. The summed E-state index contributed by atoms with van der Waals surface area (Å²) in [6.07, 6.45) is -1.32. The van der Waals surface area contributed by atoms with Gasteiger partial charge in [0.2, 0.25) is 5.78 Å². The van der Waals surface area contributed by atoms with E-state index in [0.717, 1.165) is 0 Å². The van der Waals surface area contributed by atoms with Crippen molar-refractivity contribution in [1.82, 2.24) is 0 Å². The fourth-order valence-corrected chi connectivity index (χ4v) is 0.770. The molecular weight excluding hydrogens is 220 g/mol. The maximum absolute atomic E-state index is 11.8. The quantitative estimate of drug-likeness (QED) is 0.365. The van der Waals surface area contributed by atoms with Crippen molar-refractivity contribution in [3.05, 3.63) is 35.8 Å². The van der Waals surface area contributed by atoms with Crippen LogP contribution in [0.4, 0.5) is 0 Å². The zero-order chi connectivity index (χ0) is 17.0. The monoisotopic (exact) mass is 237 g/mol. The molecular formula is C13H12O4. The number of rotatable bonds is 3. The van der Waals surface area contributed by atoms with Crippen molar-refractivity contribution in [2.45, 2.75) is 13.0 Å². The van der Waals surface area contributed by atoms with Crippen molar-refractivity contribution in [2.75, 3.05) is 6.61 Å². The van der Waals surface area contributed by atoms with E-state index >= 15 is 0 Å². The van der Waals surface area contributed by atoms with Crippen LogP contribution in [0.5, 0.6) is 0 Å². The molecule has 17 heavy (non-hydrogen) atoms. The summed E-state index contributed by atoms with van der Waals surface area (Å²) >= 11 is 0. The minimum absolute atomic E-state index is 0.464. The number of hydrogen-bond donors (Lipinski definition) is 1. The summed E-state index contributed by atoms with van der Waals surface area (Å²) in [5.74, 6) is 2.33. The Balaban J connectivity index is 3.00. The molecule has 0 bridgehead atoms. The molecule has 1 unspecified atom stereocenters. The third-order valence-electron chi connectivity index (χ3n) is 1.56. The highest BCUT2D eigenvalue weighted by Gasteiger charge is 2.08. The maximum atomic E-state index is 11.8. The second-order valence-electron chi connectivity index (χ2n) is 2.91. The van der Waals surface area contributed by atoms with Gasteiger partial charge in [0.15, 0.2) is 6.61 Å². The van der Waals surface area contributed by atoms with Gasteiger partial charge in [-0.05, 0) is 12.8 Å². The fraction of sp³-hybridized carbons (Fsp3) is 0.231. The summed E-state index contributed by atoms with van der Waals surface area (Å²) in [5, 5.41) is 8.87. The van der Waals surface area contributed by atoms with E-state index in [1.165, 1.54) is 6.92 Å². The Bertz CT molecular complexity index is 659.